The highest BCUT2D eigenvalue weighted by Gasteiger charge is 2.23. The van der Waals surface area contributed by atoms with Crippen LogP contribution in [0.2, 0.25) is 0 Å². The van der Waals surface area contributed by atoms with Gasteiger partial charge in [-0.2, -0.15) is 0 Å². The zero-order valence-corrected chi connectivity index (χ0v) is 10.0. The topological polar surface area (TPSA) is 29.5 Å². The smallest absolute Gasteiger partial charge is 0.121 e. The van der Waals surface area contributed by atoms with Crippen molar-refractivity contribution in [3.63, 3.8) is 0 Å². The maximum atomic E-state index is 10.2. The second-order valence-corrected chi connectivity index (χ2v) is 4.38. The van der Waals surface area contributed by atoms with Crippen molar-refractivity contribution in [2.24, 2.45) is 5.92 Å². The summed E-state index contributed by atoms with van der Waals surface area (Å²) in [6.07, 6.45) is 8.28. The minimum Gasteiger partial charge on any atom is -0.495 e. The predicted octanol–water partition coefficient (Wildman–Crippen LogP) is 3.26. The molecule has 0 bridgehead atoms. The average Bonchev–Trinajstić information content (AvgIpc) is 2.29. The number of hydrogen-bond acceptors (Lipinski definition) is 2. The van der Waals surface area contributed by atoms with E-state index in [0.29, 0.717) is 5.92 Å². The SMILES string of the molecule is CCCC(CCC)C(O)C1=CCCCO1. The van der Waals surface area contributed by atoms with Gasteiger partial charge < -0.3 is 9.84 Å². The van der Waals surface area contributed by atoms with Crippen LogP contribution in [0.15, 0.2) is 11.8 Å². The lowest BCUT2D eigenvalue weighted by atomic mass is 9.90. The van der Waals surface area contributed by atoms with Crippen molar-refractivity contribution in [1.82, 2.24) is 0 Å². The van der Waals surface area contributed by atoms with Gasteiger partial charge in [0.2, 0.25) is 0 Å². The average molecular weight is 212 g/mol. The van der Waals surface area contributed by atoms with Gasteiger partial charge in [-0.15, -0.1) is 0 Å². The Morgan fingerprint density at radius 3 is 2.47 bits per heavy atom. The standard InChI is InChI=1S/C13H24O2/c1-3-7-11(8-4-2)13(14)12-9-5-6-10-15-12/h9,11,13-14H,3-8,10H2,1-2H3. The van der Waals surface area contributed by atoms with Gasteiger partial charge in [0, 0.05) is 0 Å². The van der Waals surface area contributed by atoms with Crippen LogP contribution in [0.1, 0.15) is 52.4 Å². The minimum absolute atomic E-state index is 0.370. The van der Waals surface area contributed by atoms with Gasteiger partial charge in [0.05, 0.1) is 6.61 Å². The number of aliphatic hydroxyl groups is 1. The lowest BCUT2D eigenvalue weighted by Crippen LogP contribution is -2.25. The number of ether oxygens (including phenoxy) is 1. The van der Waals surface area contributed by atoms with E-state index in [-0.39, 0.29) is 6.10 Å². The number of aliphatic hydroxyl groups excluding tert-OH is 1. The first-order chi connectivity index (χ1) is 7.29. The number of allylic oxidation sites excluding steroid dienone is 1. The molecule has 1 aliphatic rings. The quantitative estimate of drug-likeness (QED) is 0.732. The van der Waals surface area contributed by atoms with E-state index in [1.807, 2.05) is 0 Å². The summed E-state index contributed by atoms with van der Waals surface area (Å²) in [6.45, 7) is 5.12. The van der Waals surface area contributed by atoms with Gasteiger partial charge in [-0.05, 0) is 37.7 Å². The lowest BCUT2D eigenvalue weighted by Gasteiger charge is -2.26. The fraction of sp³-hybridized carbons (Fsp3) is 0.846. The van der Waals surface area contributed by atoms with Gasteiger partial charge in [0.25, 0.3) is 0 Å². The molecule has 0 saturated heterocycles. The first kappa shape index (κ1) is 12.6. The van der Waals surface area contributed by atoms with Crippen molar-refractivity contribution in [2.75, 3.05) is 6.61 Å². The van der Waals surface area contributed by atoms with Gasteiger partial charge in [-0.25, -0.2) is 0 Å². The highest BCUT2D eigenvalue weighted by atomic mass is 16.5. The molecule has 2 heteroatoms. The van der Waals surface area contributed by atoms with E-state index in [4.69, 9.17) is 4.74 Å². The molecule has 0 radical (unpaired) electrons. The maximum absolute atomic E-state index is 10.2. The van der Waals surface area contributed by atoms with E-state index in [0.717, 1.165) is 50.9 Å². The Bertz CT molecular complexity index is 193. The molecule has 2 nitrogen and oxygen atoms in total. The van der Waals surface area contributed by atoms with Crippen LogP contribution in [0, 0.1) is 5.92 Å². The molecule has 1 unspecified atom stereocenters. The minimum atomic E-state index is -0.370. The van der Waals surface area contributed by atoms with Crippen LogP contribution in [-0.2, 0) is 4.74 Å². The van der Waals surface area contributed by atoms with E-state index < -0.39 is 0 Å². The molecule has 15 heavy (non-hydrogen) atoms. The molecule has 88 valence electrons. The summed E-state index contributed by atoms with van der Waals surface area (Å²) in [7, 11) is 0. The fourth-order valence-electron chi connectivity index (χ4n) is 2.22. The van der Waals surface area contributed by atoms with Gasteiger partial charge in [0.15, 0.2) is 0 Å². The van der Waals surface area contributed by atoms with Crippen molar-refractivity contribution in [3.05, 3.63) is 11.8 Å². The van der Waals surface area contributed by atoms with E-state index >= 15 is 0 Å². The molecule has 0 fully saturated rings. The van der Waals surface area contributed by atoms with Crippen LogP contribution in [0.5, 0.6) is 0 Å². The van der Waals surface area contributed by atoms with E-state index in [1.54, 1.807) is 0 Å². The maximum Gasteiger partial charge on any atom is 0.121 e. The molecule has 1 N–H and O–H groups in total. The Labute approximate surface area is 93.3 Å². The normalized spacial score (nSPS) is 18.5. The molecule has 0 aromatic carbocycles. The molecular weight excluding hydrogens is 188 g/mol. The van der Waals surface area contributed by atoms with Crippen LogP contribution in [-0.4, -0.2) is 17.8 Å². The van der Waals surface area contributed by atoms with Crippen LogP contribution < -0.4 is 0 Å². The molecule has 0 spiro atoms. The Morgan fingerprint density at radius 2 is 2.00 bits per heavy atom. The van der Waals surface area contributed by atoms with Crippen molar-refractivity contribution in [2.45, 2.75) is 58.5 Å². The zero-order chi connectivity index (χ0) is 11.1. The molecule has 1 aliphatic heterocycles. The molecule has 1 heterocycles. The third-order valence-electron chi connectivity index (χ3n) is 3.02. The number of hydrogen-bond donors (Lipinski definition) is 1. The molecule has 1 atom stereocenters. The van der Waals surface area contributed by atoms with E-state index in [1.165, 1.54) is 0 Å². The Hall–Kier alpha value is -0.500. The van der Waals surface area contributed by atoms with Gasteiger partial charge in [-0.3, -0.25) is 0 Å². The zero-order valence-electron chi connectivity index (χ0n) is 10.0. The highest BCUT2D eigenvalue weighted by Crippen LogP contribution is 2.25. The van der Waals surface area contributed by atoms with Crippen LogP contribution in [0.25, 0.3) is 0 Å². The first-order valence-electron chi connectivity index (χ1n) is 6.30. The van der Waals surface area contributed by atoms with E-state index in [2.05, 4.69) is 19.9 Å². The molecule has 1 rings (SSSR count). The summed E-state index contributed by atoms with van der Waals surface area (Å²) in [6, 6.07) is 0. The van der Waals surface area contributed by atoms with Gasteiger partial charge in [-0.1, -0.05) is 26.7 Å². The van der Waals surface area contributed by atoms with Crippen molar-refractivity contribution < 1.29 is 9.84 Å². The Morgan fingerprint density at radius 1 is 1.33 bits per heavy atom. The third kappa shape index (κ3) is 3.86. The molecule has 0 saturated carbocycles. The largest absolute Gasteiger partial charge is 0.495 e. The van der Waals surface area contributed by atoms with Gasteiger partial charge in [0.1, 0.15) is 11.9 Å². The molecular formula is C13H24O2. The third-order valence-corrected chi connectivity index (χ3v) is 3.02. The van der Waals surface area contributed by atoms with Crippen molar-refractivity contribution in [3.8, 4) is 0 Å². The van der Waals surface area contributed by atoms with Crippen LogP contribution in [0.4, 0.5) is 0 Å². The van der Waals surface area contributed by atoms with Crippen LogP contribution in [0.3, 0.4) is 0 Å². The first-order valence-corrected chi connectivity index (χ1v) is 6.30. The summed E-state index contributed by atoms with van der Waals surface area (Å²) in [5.41, 5.74) is 0. The molecule has 0 aromatic rings. The predicted molar refractivity (Wildman–Crippen MR) is 62.6 cm³/mol. The second-order valence-electron chi connectivity index (χ2n) is 4.38. The lowest BCUT2D eigenvalue weighted by molar-refractivity contribution is 0.0487. The summed E-state index contributed by atoms with van der Waals surface area (Å²) >= 11 is 0. The monoisotopic (exact) mass is 212 g/mol. The second kappa shape index (κ2) is 6.89. The van der Waals surface area contributed by atoms with Gasteiger partial charge >= 0.3 is 0 Å². The van der Waals surface area contributed by atoms with Crippen molar-refractivity contribution in [1.29, 1.82) is 0 Å². The number of rotatable bonds is 6. The van der Waals surface area contributed by atoms with Crippen molar-refractivity contribution >= 4 is 0 Å². The Kier molecular flexibility index (Phi) is 5.77. The summed E-state index contributed by atoms with van der Waals surface area (Å²) in [4.78, 5) is 0. The molecule has 0 aromatic heterocycles. The summed E-state index contributed by atoms with van der Waals surface area (Å²) < 4.78 is 5.52. The van der Waals surface area contributed by atoms with Crippen LogP contribution >= 0.6 is 0 Å². The molecule has 0 amide bonds. The summed E-state index contributed by atoms with van der Waals surface area (Å²) in [5.74, 6) is 1.21. The summed E-state index contributed by atoms with van der Waals surface area (Å²) in [5, 5.41) is 10.2. The fourth-order valence-corrected chi connectivity index (χ4v) is 2.22. The Balaban J connectivity index is 2.52. The highest BCUT2D eigenvalue weighted by molar-refractivity contribution is 5.04. The molecule has 0 aliphatic carbocycles. The van der Waals surface area contributed by atoms with E-state index in [9.17, 15) is 5.11 Å².